The number of carboxylic acids is 1. The average molecular weight is 315 g/mol. The zero-order chi connectivity index (χ0) is 13.3. The van der Waals surface area contributed by atoms with Crippen molar-refractivity contribution >= 4 is 27.8 Å². The largest absolute Gasteiger partial charge is 0.480 e. The number of carbonyl (C=O) groups is 2. The van der Waals surface area contributed by atoms with Crippen molar-refractivity contribution in [3.8, 4) is 0 Å². The predicted octanol–water partition coefficient (Wildman–Crippen LogP) is 2.18. The summed E-state index contributed by atoms with van der Waals surface area (Å²) in [6, 6.07) is 1.27. The van der Waals surface area contributed by atoms with E-state index in [0.29, 0.717) is 18.2 Å². The Bertz CT molecular complexity index is 480. The van der Waals surface area contributed by atoms with E-state index < -0.39 is 12.0 Å². The van der Waals surface area contributed by atoms with Gasteiger partial charge in [0.25, 0.3) is 5.91 Å². The molecular formula is C12H15BrN2O3. The van der Waals surface area contributed by atoms with Crippen LogP contribution in [0.25, 0.3) is 0 Å². The van der Waals surface area contributed by atoms with E-state index in [1.54, 1.807) is 13.0 Å². The Morgan fingerprint density at radius 2 is 2.28 bits per heavy atom. The van der Waals surface area contributed by atoms with Crippen LogP contribution in [0, 0.1) is 0 Å². The highest BCUT2D eigenvalue weighted by Crippen LogP contribution is 2.37. The summed E-state index contributed by atoms with van der Waals surface area (Å²) in [5.74, 6) is -1.34. The first-order chi connectivity index (χ1) is 8.52. The van der Waals surface area contributed by atoms with Gasteiger partial charge < -0.3 is 15.0 Å². The van der Waals surface area contributed by atoms with E-state index in [1.807, 2.05) is 10.8 Å². The molecule has 0 spiro atoms. The van der Waals surface area contributed by atoms with E-state index in [0.717, 1.165) is 17.3 Å². The Kier molecular flexibility index (Phi) is 3.75. The van der Waals surface area contributed by atoms with Crippen molar-refractivity contribution in [3.05, 3.63) is 22.4 Å². The van der Waals surface area contributed by atoms with Gasteiger partial charge in [-0.15, -0.1) is 0 Å². The molecule has 2 rings (SSSR count). The average Bonchev–Trinajstić information content (AvgIpc) is 3.08. The summed E-state index contributed by atoms with van der Waals surface area (Å²) in [6.07, 6.45) is 4.37. The summed E-state index contributed by atoms with van der Waals surface area (Å²) in [4.78, 5) is 23.0. The number of amides is 1. The molecule has 98 valence electrons. The Morgan fingerprint density at radius 3 is 2.78 bits per heavy atom. The van der Waals surface area contributed by atoms with E-state index in [9.17, 15) is 9.59 Å². The summed E-state index contributed by atoms with van der Waals surface area (Å²) in [6.45, 7) is 1.73. The fourth-order valence-corrected chi connectivity index (χ4v) is 2.29. The van der Waals surface area contributed by atoms with Crippen molar-refractivity contribution in [2.75, 3.05) is 0 Å². The third-order valence-corrected chi connectivity index (χ3v) is 3.43. The first kappa shape index (κ1) is 13.1. The third-order valence-electron chi connectivity index (χ3n) is 3.00. The van der Waals surface area contributed by atoms with Gasteiger partial charge in [-0.1, -0.05) is 6.92 Å². The van der Waals surface area contributed by atoms with Crippen LogP contribution < -0.4 is 5.32 Å². The minimum atomic E-state index is -1.01. The highest BCUT2D eigenvalue weighted by Gasteiger charge is 2.29. The van der Waals surface area contributed by atoms with Crippen LogP contribution in [0.3, 0.4) is 0 Å². The van der Waals surface area contributed by atoms with Crippen LogP contribution in [0.15, 0.2) is 16.7 Å². The van der Waals surface area contributed by atoms with E-state index in [1.165, 1.54) is 0 Å². The number of hydrogen-bond donors (Lipinski definition) is 2. The minimum absolute atomic E-state index is 0.332. The van der Waals surface area contributed by atoms with Gasteiger partial charge in [0.15, 0.2) is 0 Å². The molecular weight excluding hydrogens is 300 g/mol. The lowest BCUT2D eigenvalue weighted by Crippen LogP contribution is -2.40. The molecule has 1 aromatic heterocycles. The normalized spacial score (nSPS) is 16.3. The number of carboxylic acid groups (broad SMARTS) is 1. The van der Waals surface area contributed by atoms with Crippen LogP contribution in [0.2, 0.25) is 0 Å². The van der Waals surface area contributed by atoms with E-state index in [4.69, 9.17) is 5.11 Å². The monoisotopic (exact) mass is 314 g/mol. The topological polar surface area (TPSA) is 71.3 Å². The Hall–Kier alpha value is -1.30. The molecule has 5 nitrogen and oxygen atoms in total. The number of nitrogens with one attached hydrogen (secondary N) is 1. The number of aromatic nitrogens is 1. The first-order valence-electron chi connectivity index (χ1n) is 5.94. The fraction of sp³-hybridized carbons (Fsp3) is 0.500. The molecule has 1 aliphatic carbocycles. The molecule has 0 unspecified atom stereocenters. The maximum absolute atomic E-state index is 12.1. The highest BCUT2D eigenvalue weighted by atomic mass is 79.9. The Balaban J connectivity index is 2.15. The number of hydrogen-bond acceptors (Lipinski definition) is 2. The van der Waals surface area contributed by atoms with Crippen LogP contribution in [-0.4, -0.2) is 27.6 Å². The molecule has 2 N–H and O–H groups in total. The van der Waals surface area contributed by atoms with Gasteiger partial charge in [-0.3, -0.25) is 4.79 Å². The lowest BCUT2D eigenvalue weighted by Gasteiger charge is -2.13. The van der Waals surface area contributed by atoms with Gasteiger partial charge in [0.2, 0.25) is 0 Å². The number of aliphatic carboxylic acids is 1. The van der Waals surface area contributed by atoms with Gasteiger partial charge >= 0.3 is 5.97 Å². The van der Waals surface area contributed by atoms with Crippen molar-refractivity contribution < 1.29 is 14.7 Å². The fourth-order valence-electron chi connectivity index (χ4n) is 1.85. The van der Waals surface area contributed by atoms with Gasteiger partial charge in [-0.2, -0.15) is 0 Å². The molecule has 0 aliphatic heterocycles. The van der Waals surface area contributed by atoms with Gasteiger partial charge in [0, 0.05) is 16.7 Å². The van der Waals surface area contributed by atoms with Crippen molar-refractivity contribution in [1.29, 1.82) is 0 Å². The number of carbonyl (C=O) groups excluding carboxylic acids is 1. The molecule has 6 heteroatoms. The van der Waals surface area contributed by atoms with Gasteiger partial charge in [-0.25, -0.2) is 4.79 Å². The van der Waals surface area contributed by atoms with Crippen molar-refractivity contribution in [2.45, 2.75) is 38.3 Å². The third kappa shape index (κ3) is 2.75. The van der Waals surface area contributed by atoms with E-state index in [2.05, 4.69) is 21.2 Å². The Labute approximate surface area is 113 Å². The molecule has 1 amide bonds. The second kappa shape index (κ2) is 5.14. The number of rotatable bonds is 5. The van der Waals surface area contributed by atoms with Crippen molar-refractivity contribution in [3.63, 3.8) is 0 Å². The van der Waals surface area contributed by atoms with Gasteiger partial charge in [0.1, 0.15) is 11.7 Å². The number of halogens is 1. The SMILES string of the molecule is CC[C@H](NC(=O)c1cc(Br)cn1C1CC1)C(=O)O. The summed E-state index contributed by atoms with van der Waals surface area (Å²) in [5, 5.41) is 11.5. The molecule has 0 aromatic carbocycles. The lowest BCUT2D eigenvalue weighted by molar-refractivity contribution is -0.139. The maximum atomic E-state index is 12.1. The van der Waals surface area contributed by atoms with Crippen LogP contribution in [-0.2, 0) is 4.79 Å². The summed E-state index contributed by atoms with van der Waals surface area (Å²) < 4.78 is 2.75. The van der Waals surface area contributed by atoms with Crippen molar-refractivity contribution in [1.82, 2.24) is 9.88 Å². The number of nitrogens with zero attached hydrogens (tertiary/aromatic N) is 1. The quantitative estimate of drug-likeness (QED) is 0.875. The molecule has 1 aromatic rings. The zero-order valence-electron chi connectivity index (χ0n) is 10.0. The van der Waals surface area contributed by atoms with Crippen LogP contribution in [0.1, 0.15) is 42.7 Å². The van der Waals surface area contributed by atoms with Crippen molar-refractivity contribution in [2.24, 2.45) is 0 Å². The molecule has 1 saturated carbocycles. The highest BCUT2D eigenvalue weighted by molar-refractivity contribution is 9.10. The van der Waals surface area contributed by atoms with Crippen LogP contribution in [0.4, 0.5) is 0 Å². The van der Waals surface area contributed by atoms with Gasteiger partial charge in [0.05, 0.1) is 0 Å². The molecule has 0 bridgehead atoms. The summed E-state index contributed by atoms with van der Waals surface area (Å²) in [5.41, 5.74) is 0.518. The maximum Gasteiger partial charge on any atom is 0.326 e. The van der Waals surface area contributed by atoms with E-state index in [-0.39, 0.29) is 5.91 Å². The molecule has 1 atom stereocenters. The molecule has 1 aliphatic rings. The van der Waals surface area contributed by atoms with Crippen LogP contribution >= 0.6 is 15.9 Å². The predicted molar refractivity (Wildman–Crippen MR) is 69.6 cm³/mol. The minimum Gasteiger partial charge on any atom is -0.480 e. The summed E-state index contributed by atoms with van der Waals surface area (Å²) in [7, 11) is 0. The second-order valence-corrected chi connectivity index (χ2v) is 5.37. The second-order valence-electron chi connectivity index (χ2n) is 4.45. The molecule has 1 heterocycles. The standard InChI is InChI=1S/C12H15BrN2O3/c1-2-9(12(17)18)14-11(16)10-5-7(13)6-15(10)8-3-4-8/h5-6,8-9H,2-4H2,1H3,(H,14,16)(H,17,18)/t9-/m0/s1. The molecule has 18 heavy (non-hydrogen) atoms. The van der Waals surface area contributed by atoms with Crippen LogP contribution in [0.5, 0.6) is 0 Å². The molecule has 0 saturated heterocycles. The molecule has 1 fully saturated rings. The first-order valence-corrected chi connectivity index (χ1v) is 6.73. The smallest absolute Gasteiger partial charge is 0.326 e. The van der Waals surface area contributed by atoms with E-state index >= 15 is 0 Å². The lowest BCUT2D eigenvalue weighted by atomic mass is 10.2. The summed E-state index contributed by atoms with van der Waals surface area (Å²) >= 11 is 3.34. The zero-order valence-corrected chi connectivity index (χ0v) is 11.6. The Morgan fingerprint density at radius 1 is 1.61 bits per heavy atom. The molecule has 0 radical (unpaired) electrons. The van der Waals surface area contributed by atoms with Gasteiger partial charge in [-0.05, 0) is 41.3 Å².